The Kier molecular flexibility index (Phi) is 29.3. The maximum absolute atomic E-state index is 15.4. The van der Waals surface area contributed by atoms with E-state index in [1.54, 1.807) is 57.6 Å². The van der Waals surface area contributed by atoms with Crippen LogP contribution in [0.5, 0.6) is 11.5 Å². The van der Waals surface area contributed by atoms with Crippen LogP contribution in [0.25, 0.3) is 83.9 Å². The minimum absolute atomic E-state index is 0.0152. The zero-order valence-corrected chi connectivity index (χ0v) is 79.1. The first kappa shape index (κ1) is 95.3. The molecule has 12 aromatic rings. The second-order valence-corrected chi connectivity index (χ2v) is 36.6. The lowest BCUT2D eigenvalue weighted by Gasteiger charge is -2.44. The van der Waals surface area contributed by atoms with E-state index in [0.717, 1.165) is 14.7 Å². The molecule has 3 fully saturated rings. The number of benzene rings is 3. The van der Waals surface area contributed by atoms with Crippen molar-refractivity contribution in [2.75, 3.05) is 84.7 Å². The molecule has 0 spiro atoms. The molecule has 3 aromatic carbocycles. The summed E-state index contributed by atoms with van der Waals surface area (Å²) in [7, 11) is 0. The Labute approximate surface area is 778 Å². The van der Waals surface area contributed by atoms with Crippen LogP contribution in [0.1, 0.15) is 92.5 Å². The number of hydrogen-bond donors (Lipinski definition) is 3. The number of phenolic OH excluding ortho intramolecular Hbond substituents is 2. The molecule has 4 N–H and O–H groups in total. The maximum atomic E-state index is 15.4. The normalized spacial score (nSPS) is 17.1. The number of rotatable bonds is 18. The number of nitrogens with zero attached hydrogens (tertiary/aromatic N) is 18. The molecule has 3 aliphatic rings. The lowest BCUT2D eigenvalue weighted by Crippen LogP contribution is -2.58. The van der Waals surface area contributed by atoms with Crippen molar-refractivity contribution in [1.82, 2.24) is 73.3 Å². The van der Waals surface area contributed by atoms with Crippen molar-refractivity contribution in [3.05, 3.63) is 222 Å². The Morgan fingerprint density at radius 3 is 1.09 bits per heavy atom. The Hall–Kier alpha value is -11.2. The first-order chi connectivity index (χ1) is 61.5. The van der Waals surface area contributed by atoms with Crippen LogP contribution in [-0.4, -0.2) is 202 Å². The molecule has 3 amide bonds. The summed E-state index contributed by atoms with van der Waals surface area (Å²) in [6, 6.07) is 19.7. The molecule has 38 heteroatoms. The van der Waals surface area contributed by atoms with Gasteiger partial charge in [0.05, 0.1) is 98.5 Å². The van der Waals surface area contributed by atoms with E-state index >= 15 is 13.2 Å². The average molecular weight is 1910 g/mol. The van der Waals surface area contributed by atoms with Gasteiger partial charge in [-0.25, -0.2) is 61.2 Å². The summed E-state index contributed by atoms with van der Waals surface area (Å²) in [5.41, 5.74) is 7.49. The van der Waals surface area contributed by atoms with E-state index in [1.165, 1.54) is 128 Å². The Morgan fingerprint density at radius 1 is 0.442 bits per heavy atom. The minimum atomic E-state index is -0.778. The van der Waals surface area contributed by atoms with Crippen molar-refractivity contribution in [1.29, 1.82) is 0 Å². The third kappa shape index (κ3) is 18.3. The second-order valence-electron chi connectivity index (χ2n) is 31.6. The highest BCUT2D eigenvalue weighted by molar-refractivity contribution is 7.99. The maximum Gasteiger partial charge on any atom is 0.355 e. The van der Waals surface area contributed by atoms with E-state index in [4.69, 9.17) is 67.1 Å². The molecule has 6 atom stereocenters. The number of carbonyl (C=O) groups excluding carboxylic acids is 3. The molecule has 0 aliphatic carbocycles. The average Bonchev–Trinajstić information content (AvgIpc) is 0.739. The Morgan fingerprint density at radius 2 is 0.767 bits per heavy atom. The first-order valence-electron chi connectivity index (χ1n) is 40.8. The summed E-state index contributed by atoms with van der Waals surface area (Å²) in [5.74, 6) is -2.45. The number of nitrogens with two attached hydrogens (primary N) is 1. The van der Waals surface area contributed by atoms with Gasteiger partial charge in [-0.2, -0.15) is 15.0 Å². The van der Waals surface area contributed by atoms with Crippen molar-refractivity contribution in [2.24, 2.45) is 0 Å². The predicted octanol–water partition coefficient (Wildman–Crippen LogP) is 17.5. The number of halogens is 7. The van der Waals surface area contributed by atoms with Gasteiger partial charge in [-0.15, -0.1) is 47.0 Å². The first-order valence-corrected chi connectivity index (χ1v) is 47.2. The third-order valence-electron chi connectivity index (χ3n) is 22.7. The Balaban J connectivity index is 0.000000165. The molecule has 0 bridgehead atoms. The second kappa shape index (κ2) is 39.6. The number of aromatic hydroxyl groups is 2. The number of carbonyl (C=O) groups is 3. The van der Waals surface area contributed by atoms with Crippen LogP contribution in [0.3, 0.4) is 0 Å². The van der Waals surface area contributed by atoms with E-state index in [1.807, 2.05) is 121 Å². The van der Waals surface area contributed by atoms with E-state index in [2.05, 4.69) is 49.6 Å². The number of phenols is 2. The van der Waals surface area contributed by atoms with Crippen molar-refractivity contribution < 1.29 is 37.8 Å². The number of amides is 3. The van der Waals surface area contributed by atoms with Crippen LogP contribution in [0, 0.1) is 17.5 Å². The Bertz CT molecular complexity index is 6390. The number of nitrogen functional groups attached to an aromatic ring is 1. The highest BCUT2D eigenvalue weighted by atomic mass is 35.5. The molecule has 0 radical (unpaired) electrons. The molecule has 0 saturated carbocycles. The molecule has 3 saturated heterocycles. The molecule has 27 nitrogen and oxygen atoms in total. The number of hydrogen-bond acceptors (Lipinski definition) is 25. The molecular formula is C91H92Cl4F3N19O8S4. The topological polar surface area (TPSA) is 319 Å². The number of pyridine rings is 6. The van der Waals surface area contributed by atoms with Crippen molar-refractivity contribution in [3.8, 4) is 62.3 Å². The molecule has 3 aliphatic heterocycles. The number of piperazine rings is 3. The SMILES string of the molecule is C=CC(=O)N1C[C@H](C)N(c2nc(=O)n(-c3c(SC)ccnc3C(C)C)c3nc(-c4c(O)cccc4F)c(Cl)cc23)C[C@H]1C.C=CC(=O)N1C[C@H](C)N(c2nc(=O)n(-c3c(SC)ccnc3C(C)C)c3nc(-c4c(O)cccc4F)c(Cl)cc23)C[C@H]1C.C=CC(=O)N1C[C@H](C)N(c2nc(=O)n(-c3c(SC)ccnc3SC)c3nc(-c4c(N)ccc(Cl)c4F)c(Cl)cc23)C[C@H]1C. The van der Waals surface area contributed by atoms with Crippen LogP contribution in [0.4, 0.5) is 36.3 Å². The molecule has 0 unspecified atom stereocenters. The quantitative estimate of drug-likeness (QED) is 0.0408. The van der Waals surface area contributed by atoms with Gasteiger partial charge in [0.1, 0.15) is 45.6 Å². The summed E-state index contributed by atoms with van der Waals surface area (Å²) in [6.07, 6.45) is 16.5. The van der Waals surface area contributed by atoms with Gasteiger partial charge in [0.15, 0.2) is 22.8 Å². The molecule has 9 aromatic heterocycles. The number of anilines is 4. The fraction of sp³-hybridized carbons (Fsp3) is 0.308. The number of thioether (sulfide) groups is 4. The molecule has 672 valence electrons. The summed E-state index contributed by atoms with van der Waals surface area (Å²) < 4.78 is 49.8. The zero-order valence-electron chi connectivity index (χ0n) is 72.8. The summed E-state index contributed by atoms with van der Waals surface area (Å²) in [6.45, 7) is 32.7. The van der Waals surface area contributed by atoms with Crippen molar-refractivity contribution >= 4 is 167 Å². The molecule has 12 heterocycles. The van der Waals surface area contributed by atoms with Gasteiger partial charge in [0, 0.05) is 114 Å². The van der Waals surface area contributed by atoms with Gasteiger partial charge in [-0.3, -0.25) is 24.4 Å². The molecule has 129 heavy (non-hydrogen) atoms. The van der Waals surface area contributed by atoms with E-state index in [-0.39, 0.29) is 154 Å². The predicted molar refractivity (Wildman–Crippen MR) is 513 cm³/mol. The molecular weight excluding hydrogens is 1810 g/mol. The van der Waals surface area contributed by atoms with Gasteiger partial charge in [0.25, 0.3) is 0 Å². The van der Waals surface area contributed by atoms with E-state index < -0.39 is 34.5 Å². The van der Waals surface area contributed by atoms with E-state index in [9.17, 15) is 39.0 Å². The fourth-order valence-electron chi connectivity index (χ4n) is 16.4. The standard InChI is InChI=1S/2C31H32ClFN6O3S.C29H28Cl2FN7O2S2/c2*1-7-24(41)37-14-18(5)38(15-17(37)4)29-19-13-20(32)27(25-21(33)9-8-10-22(25)40)35-30(19)39(31(42)36-29)28-23(43-6)11-12-34-26(28)16(2)3;1-6-21(40)37-12-15(3)38(13-14(37)2)26-16-11-18(31)24(22-19(33)8-7-17(30)23(22)32)35-27(16)39(29(41)36-26)25-20(42-4)9-10-34-28(25)43-5/h2*7-13,16-18,40H,1,14-15H2,2-6H3;6-11,14-15H,1,12-13,33H2,2-5H3/t2*17-,18+;14-,15+/m111/s1. The highest BCUT2D eigenvalue weighted by Crippen LogP contribution is 2.46. The summed E-state index contributed by atoms with van der Waals surface area (Å²) in [5, 5.41) is 23.3. The van der Waals surface area contributed by atoms with Crippen LogP contribution in [0.2, 0.25) is 20.1 Å². The van der Waals surface area contributed by atoms with Crippen LogP contribution in [0.15, 0.2) is 176 Å². The van der Waals surface area contributed by atoms with Gasteiger partial charge >= 0.3 is 17.1 Å². The zero-order chi connectivity index (χ0) is 93.5. The van der Waals surface area contributed by atoms with Gasteiger partial charge < -0.3 is 45.3 Å². The summed E-state index contributed by atoms with van der Waals surface area (Å²) >= 11 is 32.2. The number of fused-ring (bicyclic) bond motifs is 3. The molecule has 15 rings (SSSR count). The van der Waals surface area contributed by atoms with Gasteiger partial charge in [-0.1, -0.05) is 106 Å². The minimum Gasteiger partial charge on any atom is -0.507 e. The van der Waals surface area contributed by atoms with Crippen molar-refractivity contribution in [3.63, 3.8) is 0 Å². The fourth-order valence-corrected chi connectivity index (χ4v) is 19.7. The van der Waals surface area contributed by atoms with Crippen LogP contribution in [-0.2, 0) is 14.4 Å². The van der Waals surface area contributed by atoms with Crippen molar-refractivity contribution in [2.45, 2.75) is 137 Å². The third-order valence-corrected chi connectivity index (χ3v) is 26.8. The lowest BCUT2D eigenvalue weighted by molar-refractivity contribution is -0.129. The largest absolute Gasteiger partial charge is 0.507 e. The highest BCUT2D eigenvalue weighted by Gasteiger charge is 2.40. The number of aromatic nitrogens is 12. The van der Waals surface area contributed by atoms with Crippen LogP contribution >= 0.6 is 93.5 Å². The van der Waals surface area contributed by atoms with Gasteiger partial charge in [-0.05, 0) is 169 Å². The van der Waals surface area contributed by atoms with Gasteiger partial charge in [0.2, 0.25) is 17.7 Å². The lowest BCUT2D eigenvalue weighted by atomic mass is 10.1. The monoisotopic (exact) mass is 1900 g/mol. The van der Waals surface area contributed by atoms with E-state index in [0.29, 0.717) is 106 Å². The summed E-state index contributed by atoms with van der Waals surface area (Å²) in [4.78, 5) is 135. The van der Waals surface area contributed by atoms with Crippen LogP contribution < -0.4 is 37.5 Å². The smallest absolute Gasteiger partial charge is 0.355 e.